The maximum Gasteiger partial charge on any atom is 0.188 e. The van der Waals surface area contributed by atoms with Crippen molar-refractivity contribution in [2.45, 2.75) is 0 Å². The molecule has 0 N–H and O–H groups in total. The van der Waals surface area contributed by atoms with Gasteiger partial charge in [-0.3, -0.25) is 0 Å². The average Bonchev–Trinajstić information content (AvgIpc) is 3.98. The first-order valence-corrected chi connectivity index (χ1v) is 19.7. The molecule has 59 heavy (non-hydrogen) atoms. The second-order valence-electron chi connectivity index (χ2n) is 15.3. The molecule has 0 aliphatic heterocycles. The quantitative estimate of drug-likeness (QED) is 0.133. The lowest BCUT2D eigenvalue weighted by Gasteiger charge is -2.18. The van der Waals surface area contributed by atoms with E-state index in [1.807, 2.05) is 48.5 Å². The summed E-state index contributed by atoms with van der Waals surface area (Å²) < 4.78 is 15.7. The van der Waals surface area contributed by atoms with Crippen molar-refractivity contribution >= 4 is 104 Å². The minimum Gasteiger partial charge on any atom is -0.455 e. The summed E-state index contributed by atoms with van der Waals surface area (Å²) >= 11 is 0. The van der Waals surface area contributed by atoms with E-state index >= 15 is 0 Å². The number of rotatable bonds is 3. The topological polar surface area (TPSA) is 48.5 Å². The van der Waals surface area contributed by atoms with Crippen molar-refractivity contribution in [3.05, 3.63) is 187 Å². The summed E-state index contributed by atoms with van der Waals surface area (Å²) in [4.78, 5) is 9.48. The summed E-state index contributed by atoms with van der Waals surface area (Å²) in [6.45, 7) is 7.84. The molecule has 0 spiro atoms. The maximum atomic E-state index is 7.84. The normalized spacial score (nSPS) is 12.1. The van der Waals surface area contributed by atoms with Crippen LogP contribution in [0.25, 0.3) is 131 Å². The fraction of sp³-hybridized carbons (Fsp3) is 0. The predicted molar refractivity (Wildman–Crippen MR) is 243 cm³/mol. The number of hydrogen-bond donors (Lipinski definition) is 0. The minimum absolute atomic E-state index is 0.621. The monoisotopic (exact) mass is 751 g/mol. The number of para-hydroxylation sites is 3. The van der Waals surface area contributed by atoms with Gasteiger partial charge in [0, 0.05) is 38.2 Å². The third-order valence-electron chi connectivity index (χ3n) is 12.2. The highest BCUT2D eigenvalue weighted by Gasteiger charge is 2.25. The SMILES string of the molecule is [C-]#[N+]c1ccc2c(c1)c1cc(-c3c4ccccc4c(-c4nc5c(ccc6c7ccccc7oc65)c5oc6ccccc6c45)c4ccccc34)ccc1n2-c1ccccc1. The molecule has 13 aromatic rings. The van der Waals surface area contributed by atoms with Gasteiger partial charge in [0.05, 0.1) is 28.7 Å². The Kier molecular flexibility index (Phi) is 6.45. The smallest absolute Gasteiger partial charge is 0.188 e. The molecular formula is C54H29N3O2. The van der Waals surface area contributed by atoms with Gasteiger partial charge in [0.1, 0.15) is 22.3 Å². The Morgan fingerprint density at radius 3 is 1.71 bits per heavy atom. The summed E-state index contributed by atoms with van der Waals surface area (Å²) in [5, 5.41) is 11.6. The van der Waals surface area contributed by atoms with Crippen LogP contribution in [0.15, 0.2) is 185 Å². The summed E-state index contributed by atoms with van der Waals surface area (Å²) in [6.07, 6.45) is 0. The summed E-state index contributed by atoms with van der Waals surface area (Å²) in [6, 6.07) is 61.4. The Morgan fingerprint density at radius 1 is 0.441 bits per heavy atom. The zero-order valence-electron chi connectivity index (χ0n) is 31.4. The van der Waals surface area contributed by atoms with Crippen LogP contribution in [0.5, 0.6) is 0 Å². The lowest BCUT2D eigenvalue weighted by molar-refractivity contribution is 0.668. The van der Waals surface area contributed by atoms with Gasteiger partial charge in [-0.1, -0.05) is 115 Å². The van der Waals surface area contributed by atoms with Crippen LogP contribution in [-0.4, -0.2) is 9.55 Å². The molecule has 0 fully saturated rings. The van der Waals surface area contributed by atoms with E-state index in [4.69, 9.17) is 20.4 Å². The number of pyridine rings is 1. The van der Waals surface area contributed by atoms with Crippen molar-refractivity contribution < 1.29 is 8.83 Å². The van der Waals surface area contributed by atoms with Gasteiger partial charge in [-0.25, -0.2) is 9.83 Å². The van der Waals surface area contributed by atoms with E-state index in [1.54, 1.807) is 0 Å². The first kappa shape index (κ1) is 31.9. The number of furan rings is 2. The molecule has 5 heteroatoms. The van der Waals surface area contributed by atoms with Gasteiger partial charge in [0.2, 0.25) is 0 Å². The largest absolute Gasteiger partial charge is 0.455 e. The first-order chi connectivity index (χ1) is 29.2. The number of aromatic nitrogens is 2. The fourth-order valence-corrected chi connectivity index (χ4v) is 9.67. The number of fused-ring (bicyclic) bond motifs is 14. The van der Waals surface area contributed by atoms with Crippen LogP contribution >= 0.6 is 0 Å². The number of benzene rings is 9. The van der Waals surface area contributed by atoms with Crippen LogP contribution < -0.4 is 0 Å². The van der Waals surface area contributed by atoms with Gasteiger partial charge in [0.15, 0.2) is 11.3 Å². The molecule has 0 radical (unpaired) electrons. The van der Waals surface area contributed by atoms with Crippen LogP contribution in [0.3, 0.4) is 0 Å². The zero-order valence-corrected chi connectivity index (χ0v) is 31.4. The molecule has 0 amide bonds. The van der Waals surface area contributed by atoms with E-state index in [-0.39, 0.29) is 0 Å². The van der Waals surface area contributed by atoms with Crippen molar-refractivity contribution in [3.8, 4) is 28.1 Å². The van der Waals surface area contributed by atoms with Crippen molar-refractivity contribution in [2.75, 3.05) is 0 Å². The molecule has 5 nitrogen and oxygen atoms in total. The summed E-state index contributed by atoms with van der Waals surface area (Å²) in [5.74, 6) is 0. The highest BCUT2D eigenvalue weighted by molar-refractivity contribution is 6.29. The molecule has 9 aromatic carbocycles. The van der Waals surface area contributed by atoms with Gasteiger partial charge < -0.3 is 13.4 Å². The summed E-state index contributed by atoms with van der Waals surface area (Å²) in [7, 11) is 0. The van der Waals surface area contributed by atoms with Gasteiger partial charge in [-0.2, -0.15) is 0 Å². The molecular weight excluding hydrogens is 723 g/mol. The maximum absolute atomic E-state index is 7.84. The van der Waals surface area contributed by atoms with Gasteiger partial charge in [-0.15, -0.1) is 0 Å². The molecule has 4 heterocycles. The Hall–Kier alpha value is -8.20. The first-order valence-electron chi connectivity index (χ1n) is 19.7. The van der Waals surface area contributed by atoms with E-state index in [9.17, 15) is 0 Å². The third-order valence-corrected chi connectivity index (χ3v) is 12.2. The zero-order chi connectivity index (χ0) is 38.8. The molecule has 4 aromatic heterocycles. The number of nitrogens with zero attached hydrogens (tertiary/aromatic N) is 3. The molecule has 0 saturated carbocycles. The molecule has 272 valence electrons. The van der Waals surface area contributed by atoms with Crippen molar-refractivity contribution in [3.63, 3.8) is 0 Å². The second kappa shape index (κ2) is 11.9. The van der Waals surface area contributed by atoms with Crippen LogP contribution in [-0.2, 0) is 0 Å². The molecule has 13 rings (SSSR count). The highest BCUT2D eigenvalue weighted by Crippen LogP contribution is 2.49. The lowest BCUT2D eigenvalue weighted by atomic mass is 9.86. The second-order valence-corrected chi connectivity index (χ2v) is 15.3. The van der Waals surface area contributed by atoms with Crippen LogP contribution in [0.4, 0.5) is 5.69 Å². The van der Waals surface area contributed by atoms with E-state index in [0.717, 1.165) is 126 Å². The molecule has 0 atom stereocenters. The van der Waals surface area contributed by atoms with Gasteiger partial charge in [0.25, 0.3) is 0 Å². The third kappa shape index (κ3) is 4.40. The van der Waals surface area contributed by atoms with Crippen molar-refractivity contribution in [1.29, 1.82) is 0 Å². The van der Waals surface area contributed by atoms with Crippen LogP contribution in [0.2, 0.25) is 0 Å². The van der Waals surface area contributed by atoms with Crippen molar-refractivity contribution in [1.82, 2.24) is 9.55 Å². The van der Waals surface area contributed by atoms with E-state index in [1.165, 1.54) is 0 Å². The molecule has 0 saturated heterocycles. The molecule has 0 unspecified atom stereocenters. The summed E-state index contributed by atoms with van der Waals surface area (Å²) in [5.41, 5.74) is 12.0. The van der Waals surface area contributed by atoms with E-state index in [0.29, 0.717) is 5.69 Å². The molecule has 0 bridgehead atoms. The van der Waals surface area contributed by atoms with Crippen molar-refractivity contribution in [2.24, 2.45) is 0 Å². The molecule has 0 aliphatic carbocycles. The highest BCUT2D eigenvalue weighted by atomic mass is 16.3. The Morgan fingerprint density at radius 2 is 1.00 bits per heavy atom. The average molecular weight is 752 g/mol. The fourth-order valence-electron chi connectivity index (χ4n) is 9.67. The van der Waals surface area contributed by atoms with E-state index < -0.39 is 0 Å². The Balaban J connectivity index is 1.16. The lowest BCUT2D eigenvalue weighted by Crippen LogP contribution is -1.95. The van der Waals surface area contributed by atoms with E-state index in [2.05, 4.69) is 137 Å². The minimum atomic E-state index is 0.621. The Labute approximate surface area is 336 Å². The Bertz CT molecular complexity index is 3920. The van der Waals surface area contributed by atoms with Crippen LogP contribution in [0.1, 0.15) is 0 Å². The number of hydrogen-bond acceptors (Lipinski definition) is 3. The van der Waals surface area contributed by atoms with Crippen LogP contribution in [0, 0.1) is 6.57 Å². The van der Waals surface area contributed by atoms with Gasteiger partial charge >= 0.3 is 0 Å². The van der Waals surface area contributed by atoms with Gasteiger partial charge in [-0.05, 0) is 98.7 Å². The molecule has 0 aliphatic rings. The standard InChI is InChI=1S/C54H29N3O2/c1-55-32-24-28-45-43(30-32)42-29-31(23-27-44(42)57(45)33-13-3-2-4-14-33)48-35-16-5-7-18-37(35)49(38-19-8-6-17-36(38)48)52-50-40-20-10-12-22-47(40)58-53(50)41-26-25-39-34-15-9-11-21-46(34)59-54(39)51(41)56-52/h2-30H. The predicted octanol–water partition coefficient (Wildman–Crippen LogP) is 15.3.